The number of rotatable bonds is 4. The van der Waals surface area contributed by atoms with Crippen molar-refractivity contribution in [2.24, 2.45) is 0 Å². The van der Waals surface area contributed by atoms with E-state index in [0.29, 0.717) is 22.3 Å². The number of thiol groups is 1. The molecule has 0 atom stereocenters. The Morgan fingerprint density at radius 3 is 2.46 bits per heavy atom. The van der Waals surface area contributed by atoms with Gasteiger partial charge in [0.25, 0.3) is 0 Å². The third-order valence-electron chi connectivity index (χ3n) is 3.67. The normalized spacial score (nSPS) is 14.4. The first-order valence-corrected chi connectivity index (χ1v) is 8.76. The van der Waals surface area contributed by atoms with Crippen LogP contribution in [0.3, 0.4) is 0 Å². The van der Waals surface area contributed by atoms with E-state index < -0.39 is 22.5 Å². The van der Waals surface area contributed by atoms with Gasteiger partial charge in [-0.15, -0.1) is 0 Å². The van der Waals surface area contributed by atoms with Crippen molar-refractivity contribution < 1.29 is 22.3 Å². The van der Waals surface area contributed by atoms with Gasteiger partial charge >= 0.3 is 5.97 Å². The quantitative estimate of drug-likeness (QED) is 0.667. The van der Waals surface area contributed by atoms with E-state index in [9.17, 15) is 17.6 Å². The van der Waals surface area contributed by atoms with E-state index in [1.165, 1.54) is 12.1 Å². The molecule has 124 valence electrons. The highest BCUT2D eigenvalue weighted by Gasteiger charge is 2.28. The fraction of sp³-hybridized carbons (Fsp3) is 0.118. The highest BCUT2D eigenvalue weighted by atomic mass is 35.5. The van der Waals surface area contributed by atoms with Crippen molar-refractivity contribution in [1.29, 1.82) is 0 Å². The second kappa shape index (κ2) is 6.75. The Hall–Kier alpha value is -2.18. The van der Waals surface area contributed by atoms with E-state index >= 15 is 0 Å². The van der Waals surface area contributed by atoms with Crippen LogP contribution in [0.5, 0.6) is 0 Å². The molecule has 0 saturated heterocycles. The van der Waals surface area contributed by atoms with Gasteiger partial charge in [-0.25, -0.2) is 17.6 Å². The maximum absolute atomic E-state index is 13.2. The van der Waals surface area contributed by atoms with Crippen molar-refractivity contribution in [3.8, 4) is 0 Å². The van der Waals surface area contributed by atoms with Gasteiger partial charge in [-0.05, 0) is 29.3 Å². The standard InChI is InChI=1S/C17H12ClFO4S/c18-15-7-12(19)5-6-13(15)16-14(8-23-17(16)20)11-3-1-10(2-4-11)9-24(21)22/h1-7,24H,8-9H2. The van der Waals surface area contributed by atoms with Gasteiger partial charge in [-0.2, -0.15) is 0 Å². The number of hydrogen-bond donors (Lipinski definition) is 1. The highest BCUT2D eigenvalue weighted by molar-refractivity contribution is 7.71. The minimum Gasteiger partial charge on any atom is -0.457 e. The third-order valence-corrected chi connectivity index (χ3v) is 4.60. The van der Waals surface area contributed by atoms with Crippen LogP contribution in [0.2, 0.25) is 5.02 Å². The van der Waals surface area contributed by atoms with Gasteiger partial charge in [0, 0.05) is 11.1 Å². The summed E-state index contributed by atoms with van der Waals surface area (Å²) in [5, 5.41) is 0.126. The number of halogens is 2. The van der Waals surface area contributed by atoms with Crippen LogP contribution in [0.1, 0.15) is 16.7 Å². The molecule has 3 rings (SSSR count). The first-order chi connectivity index (χ1) is 11.5. The molecular weight excluding hydrogens is 355 g/mol. The van der Waals surface area contributed by atoms with Crippen LogP contribution in [0.25, 0.3) is 11.1 Å². The van der Waals surface area contributed by atoms with Crippen molar-refractivity contribution >= 4 is 39.4 Å². The van der Waals surface area contributed by atoms with Gasteiger partial charge in [0.2, 0.25) is 0 Å². The van der Waals surface area contributed by atoms with Crippen LogP contribution in [0.4, 0.5) is 4.39 Å². The van der Waals surface area contributed by atoms with Gasteiger partial charge in [0.05, 0.1) is 16.3 Å². The lowest BCUT2D eigenvalue weighted by molar-refractivity contribution is -0.133. The fourth-order valence-electron chi connectivity index (χ4n) is 2.56. The minimum absolute atomic E-state index is 0.0409. The van der Waals surface area contributed by atoms with Gasteiger partial charge in [0.15, 0.2) is 0 Å². The summed E-state index contributed by atoms with van der Waals surface area (Å²) >= 11 is 6.06. The van der Waals surface area contributed by atoms with Crippen molar-refractivity contribution in [2.45, 2.75) is 5.75 Å². The number of esters is 1. The Morgan fingerprint density at radius 2 is 1.83 bits per heavy atom. The molecule has 0 aliphatic carbocycles. The molecule has 1 aliphatic rings. The first kappa shape index (κ1) is 16.7. The average Bonchev–Trinajstić information content (AvgIpc) is 2.89. The van der Waals surface area contributed by atoms with E-state index in [1.54, 1.807) is 24.3 Å². The van der Waals surface area contributed by atoms with Gasteiger partial charge in [0.1, 0.15) is 23.1 Å². The van der Waals surface area contributed by atoms with Crippen molar-refractivity contribution in [1.82, 2.24) is 0 Å². The smallest absolute Gasteiger partial charge is 0.339 e. The average molecular weight is 367 g/mol. The molecule has 0 bridgehead atoms. The maximum atomic E-state index is 13.2. The Morgan fingerprint density at radius 1 is 1.12 bits per heavy atom. The molecule has 0 radical (unpaired) electrons. The molecule has 0 spiro atoms. The van der Waals surface area contributed by atoms with E-state index in [4.69, 9.17) is 16.3 Å². The van der Waals surface area contributed by atoms with E-state index in [1.807, 2.05) is 0 Å². The summed E-state index contributed by atoms with van der Waals surface area (Å²) in [6.45, 7) is 0.0804. The van der Waals surface area contributed by atoms with Gasteiger partial charge < -0.3 is 4.74 Å². The molecule has 0 N–H and O–H groups in total. The predicted octanol–water partition coefficient (Wildman–Crippen LogP) is 3.06. The molecule has 0 saturated carbocycles. The van der Waals surface area contributed by atoms with E-state index in [-0.39, 0.29) is 17.4 Å². The summed E-state index contributed by atoms with van der Waals surface area (Å²) in [4.78, 5) is 12.1. The topological polar surface area (TPSA) is 60.4 Å². The monoisotopic (exact) mass is 366 g/mol. The summed E-state index contributed by atoms with van der Waals surface area (Å²) in [5.74, 6) is -1.06. The number of hydrogen-bond acceptors (Lipinski definition) is 4. The van der Waals surface area contributed by atoms with Crippen LogP contribution < -0.4 is 0 Å². The third kappa shape index (κ3) is 3.34. The lowest BCUT2D eigenvalue weighted by Gasteiger charge is -2.07. The second-order valence-corrected chi connectivity index (χ2v) is 6.63. The fourth-order valence-corrected chi connectivity index (χ4v) is 3.33. The number of cyclic esters (lactones) is 1. The molecule has 1 aliphatic heterocycles. The zero-order valence-electron chi connectivity index (χ0n) is 12.3. The molecule has 2 aromatic rings. The Balaban J connectivity index is 2.06. The summed E-state index contributed by atoms with van der Waals surface area (Å²) in [6.07, 6.45) is 0. The molecular formula is C17H12ClFO4S. The molecule has 7 heteroatoms. The Kier molecular flexibility index (Phi) is 4.69. The zero-order chi connectivity index (χ0) is 17.3. The Labute approximate surface area is 144 Å². The van der Waals surface area contributed by atoms with Crippen LogP contribution in [0, 0.1) is 5.82 Å². The van der Waals surface area contributed by atoms with Crippen LogP contribution in [-0.2, 0) is 26.0 Å². The largest absolute Gasteiger partial charge is 0.457 e. The lowest BCUT2D eigenvalue weighted by Crippen LogP contribution is -1.99. The molecule has 4 nitrogen and oxygen atoms in total. The molecule has 0 amide bonds. The number of carbonyl (C=O) groups is 1. The summed E-state index contributed by atoms with van der Waals surface area (Å²) < 4.78 is 39.9. The summed E-state index contributed by atoms with van der Waals surface area (Å²) in [7, 11) is -2.50. The number of benzene rings is 2. The minimum atomic E-state index is -2.50. The molecule has 2 aromatic carbocycles. The zero-order valence-corrected chi connectivity index (χ0v) is 13.9. The van der Waals surface area contributed by atoms with Crippen molar-refractivity contribution in [3.63, 3.8) is 0 Å². The molecule has 24 heavy (non-hydrogen) atoms. The molecule has 0 aromatic heterocycles. The maximum Gasteiger partial charge on any atom is 0.339 e. The van der Waals surface area contributed by atoms with Crippen molar-refractivity contribution in [2.75, 3.05) is 6.61 Å². The van der Waals surface area contributed by atoms with Gasteiger partial charge in [-0.1, -0.05) is 35.9 Å². The highest BCUT2D eigenvalue weighted by Crippen LogP contribution is 2.36. The summed E-state index contributed by atoms with van der Waals surface area (Å²) in [5.41, 5.74) is 2.71. The lowest BCUT2D eigenvalue weighted by atomic mass is 9.96. The van der Waals surface area contributed by atoms with Crippen LogP contribution >= 0.6 is 11.6 Å². The van der Waals surface area contributed by atoms with E-state index in [2.05, 4.69) is 0 Å². The van der Waals surface area contributed by atoms with E-state index in [0.717, 1.165) is 11.6 Å². The Bertz CT molecular complexity index is 909. The predicted molar refractivity (Wildman–Crippen MR) is 89.6 cm³/mol. The van der Waals surface area contributed by atoms with Gasteiger partial charge in [-0.3, -0.25) is 0 Å². The van der Waals surface area contributed by atoms with Crippen LogP contribution in [0.15, 0.2) is 42.5 Å². The number of ether oxygens (including phenoxy) is 1. The molecule has 1 heterocycles. The van der Waals surface area contributed by atoms with Crippen molar-refractivity contribution in [3.05, 3.63) is 70.0 Å². The molecule has 0 unspecified atom stereocenters. The molecule has 0 fully saturated rings. The number of carbonyl (C=O) groups excluding carboxylic acids is 1. The first-order valence-electron chi connectivity index (χ1n) is 7.02. The van der Waals surface area contributed by atoms with Crippen LogP contribution in [-0.4, -0.2) is 21.0 Å². The summed E-state index contributed by atoms with van der Waals surface area (Å²) in [6, 6.07) is 10.6. The second-order valence-electron chi connectivity index (χ2n) is 5.24. The SMILES string of the molecule is O=C1OCC(c2ccc(C[SH](=O)=O)cc2)=C1c1ccc(F)cc1Cl.